The fourth-order valence-corrected chi connectivity index (χ4v) is 2.77. The van der Waals surface area contributed by atoms with Crippen LogP contribution in [0.25, 0.3) is 11.0 Å². The maximum atomic E-state index is 12.2. The van der Waals surface area contributed by atoms with Gasteiger partial charge in [-0.25, -0.2) is 9.59 Å². The van der Waals surface area contributed by atoms with E-state index in [4.69, 9.17) is 9.15 Å². The highest BCUT2D eigenvalue weighted by Crippen LogP contribution is 2.22. The first-order valence-electron chi connectivity index (χ1n) is 8.63. The van der Waals surface area contributed by atoms with E-state index in [1.807, 2.05) is 14.1 Å². The van der Waals surface area contributed by atoms with Crippen molar-refractivity contribution < 1.29 is 18.7 Å². The Hall–Kier alpha value is -3.45. The highest BCUT2D eigenvalue weighted by atomic mass is 16.6. The molecule has 0 aliphatic carbocycles. The molecule has 0 spiro atoms. The minimum absolute atomic E-state index is 0.0538. The molecule has 7 nitrogen and oxygen atoms in total. The summed E-state index contributed by atoms with van der Waals surface area (Å²) < 4.78 is 10.4. The van der Waals surface area contributed by atoms with Gasteiger partial charge in [-0.3, -0.25) is 10.1 Å². The number of nitrogens with zero attached hydrogens (tertiary/aromatic N) is 1. The van der Waals surface area contributed by atoms with E-state index in [2.05, 4.69) is 5.32 Å². The molecule has 144 valence electrons. The Kier molecular flexibility index (Phi) is 5.56. The molecule has 0 aliphatic rings. The number of likely N-dealkylation sites (N-methyl/N-ethyl adjacent to an activating group) is 1. The van der Waals surface area contributed by atoms with Crippen molar-refractivity contribution in [3.63, 3.8) is 0 Å². The summed E-state index contributed by atoms with van der Waals surface area (Å²) in [5.41, 5.74) is 1.59. The van der Waals surface area contributed by atoms with E-state index in [0.29, 0.717) is 16.8 Å². The summed E-state index contributed by atoms with van der Waals surface area (Å²) in [6.07, 6.45) is -0.716. The van der Waals surface area contributed by atoms with Gasteiger partial charge in [-0.05, 0) is 50.8 Å². The van der Waals surface area contributed by atoms with Crippen LogP contribution < -0.4 is 15.7 Å². The highest BCUT2D eigenvalue weighted by molar-refractivity contribution is 5.99. The Labute approximate surface area is 161 Å². The molecule has 0 aliphatic heterocycles. The normalized spacial score (nSPS) is 10.9. The third-order valence-electron chi connectivity index (χ3n) is 4.02. The van der Waals surface area contributed by atoms with Crippen molar-refractivity contribution in [3.8, 4) is 5.75 Å². The standard InChI is InChI=1S/C21H20N2O5/c1-13-9-20(25)28-19-11-16(7-8-17(13)19)27-21(26)22-15-6-4-5-14(10-15)18(24)12-23(2)3/h4-11H,12H2,1-3H3,(H,22,26). The second-order valence-electron chi connectivity index (χ2n) is 6.66. The van der Waals surface area contributed by atoms with E-state index in [0.717, 1.165) is 10.9 Å². The topological polar surface area (TPSA) is 88.8 Å². The van der Waals surface area contributed by atoms with Crippen molar-refractivity contribution in [2.75, 3.05) is 26.0 Å². The Morgan fingerprint density at radius 1 is 1.11 bits per heavy atom. The van der Waals surface area contributed by atoms with Gasteiger partial charge in [0, 0.05) is 28.8 Å². The summed E-state index contributed by atoms with van der Waals surface area (Å²) in [5.74, 6) is 0.181. The van der Waals surface area contributed by atoms with Gasteiger partial charge >= 0.3 is 11.7 Å². The number of carbonyl (C=O) groups is 2. The number of anilines is 1. The van der Waals surface area contributed by atoms with Crippen LogP contribution in [-0.2, 0) is 0 Å². The molecule has 28 heavy (non-hydrogen) atoms. The van der Waals surface area contributed by atoms with Crippen LogP contribution >= 0.6 is 0 Å². The number of ketones is 1. The maximum Gasteiger partial charge on any atom is 0.417 e. The number of amides is 1. The molecule has 0 saturated carbocycles. The van der Waals surface area contributed by atoms with E-state index in [1.165, 1.54) is 12.1 Å². The zero-order chi connectivity index (χ0) is 20.3. The molecule has 0 bridgehead atoms. The molecule has 0 fully saturated rings. The largest absolute Gasteiger partial charge is 0.423 e. The van der Waals surface area contributed by atoms with Crippen molar-refractivity contribution in [3.05, 3.63) is 70.1 Å². The van der Waals surface area contributed by atoms with Crippen molar-refractivity contribution in [2.45, 2.75) is 6.92 Å². The SMILES string of the molecule is Cc1cc(=O)oc2cc(OC(=O)Nc3cccc(C(=O)CN(C)C)c3)ccc12. The lowest BCUT2D eigenvalue weighted by atomic mass is 10.1. The third kappa shape index (κ3) is 4.63. The lowest BCUT2D eigenvalue weighted by molar-refractivity contribution is 0.0957. The summed E-state index contributed by atoms with van der Waals surface area (Å²) in [7, 11) is 3.62. The molecular formula is C21H20N2O5. The number of aryl methyl sites for hydroxylation is 1. The fraction of sp³-hybridized carbons (Fsp3) is 0.190. The lowest BCUT2D eigenvalue weighted by Crippen LogP contribution is -2.22. The van der Waals surface area contributed by atoms with Crippen LogP contribution in [0.5, 0.6) is 5.75 Å². The lowest BCUT2D eigenvalue weighted by Gasteiger charge is -2.10. The summed E-state index contributed by atoms with van der Waals surface area (Å²) >= 11 is 0. The molecule has 1 amide bonds. The van der Waals surface area contributed by atoms with Gasteiger partial charge in [0.1, 0.15) is 11.3 Å². The number of hydrogen-bond donors (Lipinski definition) is 1. The first kappa shape index (κ1) is 19.3. The van der Waals surface area contributed by atoms with Crippen LogP contribution in [-0.4, -0.2) is 37.4 Å². The van der Waals surface area contributed by atoms with E-state index >= 15 is 0 Å². The van der Waals surface area contributed by atoms with Crippen LogP contribution in [0.4, 0.5) is 10.5 Å². The molecule has 0 radical (unpaired) electrons. The highest BCUT2D eigenvalue weighted by Gasteiger charge is 2.11. The van der Waals surface area contributed by atoms with Gasteiger partial charge < -0.3 is 14.1 Å². The molecule has 7 heteroatoms. The molecule has 0 unspecified atom stereocenters. The van der Waals surface area contributed by atoms with Gasteiger partial charge in [-0.15, -0.1) is 0 Å². The Balaban J connectivity index is 1.73. The van der Waals surface area contributed by atoms with Gasteiger partial charge in [-0.1, -0.05) is 12.1 Å². The summed E-state index contributed by atoms with van der Waals surface area (Å²) in [5, 5.41) is 3.35. The molecule has 1 aromatic heterocycles. The minimum Gasteiger partial charge on any atom is -0.423 e. The van der Waals surface area contributed by atoms with E-state index in [9.17, 15) is 14.4 Å². The molecule has 0 saturated heterocycles. The molecule has 1 N–H and O–H groups in total. The number of fused-ring (bicyclic) bond motifs is 1. The van der Waals surface area contributed by atoms with Crippen molar-refractivity contribution in [1.29, 1.82) is 0 Å². The van der Waals surface area contributed by atoms with Gasteiger partial charge in [0.15, 0.2) is 5.78 Å². The van der Waals surface area contributed by atoms with Gasteiger partial charge in [0.25, 0.3) is 0 Å². The van der Waals surface area contributed by atoms with Crippen molar-refractivity contribution >= 4 is 28.5 Å². The quantitative estimate of drug-likeness (QED) is 0.539. The predicted octanol–water partition coefficient (Wildman–Crippen LogP) is 3.46. The predicted molar refractivity (Wildman–Crippen MR) is 106 cm³/mol. The van der Waals surface area contributed by atoms with Gasteiger partial charge in [0.2, 0.25) is 0 Å². The van der Waals surface area contributed by atoms with Crippen LogP contribution in [0.3, 0.4) is 0 Å². The van der Waals surface area contributed by atoms with Crippen LogP contribution in [0.1, 0.15) is 15.9 Å². The van der Waals surface area contributed by atoms with Crippen LogP contribution in [0, 0.1) is 6.92 Å². The zero-order valence-electron chi connectivity index (χ0n) is 15.8. The number of benzene rings is 2. The number of hydrogen-bond acceptors (Lipinski definition) is 6. The van der Waals surface area contributed by atoms with Crippen molar-refractivity contribution in [2.24, 2.45) is 0 Å². The summed E-state index contributed by atoms with van der Waals surface area (Å²) in [6, 6.07) is 12.9. The molecule has 3 aromatic rings. The first-order chi connectivity index (χ1) is 13.3. The average Bonchev–Trinajstić information content (AvgIpc) is 2.60. The van der Waals surface area contributed by atoms with Gasteiger partial charge in [0.05, 0.1) is 6.54 Å². The number of rotatable bonds is 5. The van der Waals surface area contributed by atoms with Gasteiger partial charge in [-0.2, -0.15) is 0 Å². The summed E-state index contributed by atoms with van der Waals surface area (Å²) in [4.78, 5) is 37.6. The third-order valence-corrected chi connectivity index (χ3v) is 4.02. The molecule has 1 heterocycles. The van der Waals surface area contributed by atoms with Crippen LogP contribution in [0.2, 0.25) is 0 Å². The average molecular weight is 380 g/mol. The van der Waals surface area contributed by atoms with E-state index in [1.54, 1.807) is 48.2 Å². The number of nitrogens with one attached hydrogen (secondary N) is 1. The first-order valence-corrected chi connectivity index (χ1v) is 8.63. The molecule has 0 atom stereocenters. The molecule has 3 rings (SSSR count). The second-order valence-corrected chi connectivity index (χ2v) is 6.66. The monoisotopic (exact) mass is 380 g/mol. The fourth-order valence-electron chi connectivity index (χ4n) is 2.77. The van der Waals surface area contributed by atoms with Crippen molar-refractivity contribution in [1.82, 2.24) is 4.90 Å². The Morgan fingerprint density at radius 2 is 1.89 bits per heavy atom. The Morgan fingerprint density at radius 3 is 2.64 bits per heavy atom. The number of Topliss-reactive ketones (excluding diaryl/α,β-unsaturated/α-hetero) is 1. The second kappa shape index (κ2) is 8.06. The van der Waals surface area contributed by atoms with Crippen LogP contribution in [0.15, 0.2) is 57.7 Å². The zero-order valence-corrected chi connectivity index (χ0v) is 15.8. The molecule has 2 aromatic carbocycles. The summed E-state index contributed by atoms with van der Waals surface area (Å²) in [6.45, 7) is 2.08. The Bertz CT molecular complexity index is 1100. The number of ether oxygens (including phenoxy) is 1. The van der Waals surface area contributed by atoms with E-state index in [-0.39, 0.29) is 18.1 Å². The smallest absolute Gasteiger partial charge is 0.417 e. The number of carbonyl (C=O) groups excluding carboxylic acids is 2. The minimum atomic E-state index is -0.716. The maximum absolute atomic E-state index is 12.2. The van der Waals surface area contributed by atoms with E-state index < -0.39 is 11.7 Å². The molecular weight excluding hydrogens is 360 g/mol.